The van der Waals surface area contributed by atoms with Crippen molar-refractivity contribution in [2.75, 3.05) is 6.54 Å². The Morgan fingerprint density at radius 2 is 2.10 bits per heavy atom. The molecule has 7 nitrogen and oxygen atoms in total. The van der Waals surface area contributed by atoms with Crippen molar-refractivity contribution in [2.24, 2.45) is 0 Å². The molecule has 2 rings (SSSR count). The minimum absolute atomic E-state index is 0.0751. The molecule has 1 aliphatic heterocycles. The largest absolute Gasteiger partial charge is 0.355 e. The average Bonchev–Trinajstić information content (AvgIpc) is 2.38. The maximum Gasteiger partial charge on any atom is 0.267 e. The number of aromatic nitrogens is 1. The third kappa shape index (κ3) is 3.63. The van der Waals surface area contributed by atoms with Crippen molar-refractivity contribution in [1.82, 2.24) is 15.0 Å². The molecule has 2 amide bonds. The molecule has 1 unspecified atom stereocenters. The molecule has 10 heteroatoms. The van der Waals surface area contributed by atoms with Crippen LogP contribution in [0.2, 0.25) is 10.3 Å². The highest BCUT2D eigenvalue weighted by Crippen LogP contribution is 2.18. The molecule has 1 saturated heterocycles. The molecule has 21 heavy (non-hydrogen) atoms. The highest BCUT2D eigenvalue weighted by molar-refractivity contribution is 7.91. The number of piperidine rings is 1. The second-order valence-electron chi connectivity index (χ2n) is 4.37. The van der Waals surface area contributed by atoms with Gasteiger partial charge in [0.05, 0.1) is 5.56 Å². The van der Waals surface area contributed by atoms with Gasteiger partial charge in [-0.25, -0.2) is 18.1 Å². The summed E-state index contributed by atoms with van der Waals surface area (Å²) in [6.07, 6.45) is 0.676. The van der Waals surface area contributed by atoms with E-state index in [2.05, 4.69) is 10.3 Å². The number of sulfonamides is 1. The molecule has 1 aromatic rings. The summed E-state index contributed by atoms with van der Waals surface area (Å²) in [6.45, 7) is 0.422. The SMILES string of the molecule is O=C(NS(=O)(=O)C1CCCNC1=O)c1ccc(Cl)nc1Cl. The molecular formula is C11H11Cl2N3O4S. The number of hydrogen-bond acceptors (Lipinski definition) is 5. The normalized spacial score (nSPS) is 19.0. The van der Waals surface area contributed by atoms with E-state index in [4.69, 9.17) is 23.2 Å². The van der Waals surface area contributed by atoms with Crippen LogP contribution in [0.1, 0.15) is 23.2 Å². The van der Waals surface area contributed by atoms with Crippen LogP contribution in [0.25, 0.3) is 0 Å². The van der Waals surface area contributed by atoms with Gasteiger partial charge in [0, 0.05) is 6.54 Å². The van der Waals surface area contributed by atoms with E-state index >= 15 is 0 Å². The Morgan fingerprint density at radius 1 is 1.38 bits per heavy atom. The number of carbonyl (C=O) groups excluding carboxylic acids is 2. The van der Waals surface area contributed by atoms with Gasteiger partial charge in [-0.05, 0) is 25.0 Å². The van der Waals surface area contributed by atoms with Gasteiger partial charge >= 0.3 is 0 Å². The zero-order chi connectivity index (χ0) is 15.6. The number of nitrogens with one attached hydrogen (secondary N) is 2. The Labute approximate surface area is 131 Å². The fourth-order valence-electron chi connectivity index (χ4n) is 1.88. The lowest BCUT2D eigenvalue weighted by Gasteiger charge is -2.21. The van der Waals surface area contributed by atoms with Gasteiger partial charge in [-0.3, -0.25) is 9.59 Å². The van der Waals surface area contributed by atoms with Gasteiger partial charge in [0.2, 0.25) is 15.9 Å². The molecule has 1 fully saturated rings. The molecule has 0 spiro atoms. The van der Waals surface area contributed by atoms with Crippen LogP contribution in [0.15, 0.2) is 12.1 Å². The fraction of sp³-hybridized carbons (Fsp3) is 0.364. The van der Waals surface area contributed by atoms with Gasteiger partial charge in [-0.2, -0.15) is 0 Å². The maximum atomic E-state index is 12.1. The molecule has 114 valence electrons. The number of rotatable bonds is 3. The van der Waals surface area contributed by atoms with E-state index in [-0.39, 0.29) is 22.3 Å². The Balaban J connectivity index is 2.19. The topological polar surface area (TPSA) is 105 Å². The molecule has 0 radical (unpaired) electrons. The van der Waals surface area contributed by atoms with Gasteiger partial charge in [-0.1, -0.05) is 23.2 Å². The number of carbonyl (C=O) groups is 2. The third-order valence-corrected chi connectivity index (χ3v) is 5.07. The van der Waals surface area contributed by atoms with Crippen LogP contribution >= 0.6 is 23.2 Å². The average molecular weight is 352 g/mol. The lowest BCUT2D eigenvalue weighted by atomic mass is 10.1. The molecule has 0 aliphatic carbocycles. The van der Waals surface area contributed by atoms with E-state index in [1.807, 2.05) is 4.72 Å². The van der Waals surface area contributed by atoms with Crippen LogP contribution in [0.3, 0.4) is 0 Å². The number of amides is 2. The van der Waals surface area contributed by atoms with Crippen LogP contribution in [0.5, 0.6) is 0 Å². The van der Waals surface area contributed by atoms with E-state index in [1.54, 1.807) is 0 Å². The summed E-state index contributed by atoms with van der Waals surface area (Å²) in [5, 5.41) is 1.00. The van der Waals surface area contributed by atoms with Crippen molar-refractivity contribution < 1.29 is 18.0 Å². The van der Waals surface area contributed by atoms with Gasteiger partial charge in [0.1, 0.15) is 10.3 Å². The lowest BCUT2D eigenvalue weighted by molar-refractivity contribution is -0.121. The summed E-state index contributed by atoms with van der Waals surface area (Å²) < 4.78 is 26.0. The zero-order valence-corrected chi connectivity index (χ0v) is 12.9. The first-order chi connectivity index (χ1) is 9.81. The first kappa shape index (κ1) is 16.0. The molecule has 1 aliphatic rings. The summed E-state index contributed by atoms with van der Waals surface area (Å²) in [5.74, 6) is -1.58. The zero-order valence-electron chi connectivity index (χ0n) is 10.6. The maximum absolute atomic E-state index is 12.1. The van der Waals surface area contributed by atoms with Gasteiger partial charge in [-0.15, -0.1) is 0 Å². The molecule has 0 aromatic carbocycles. The lowest BCUT2D eigenvalue weighted by Crippen LogP contribution is -2.49. The summed E-state index contributed by atoms with van der Waals surface area (Å²) in [4.78, 5) is 27.2. The summed E-state index contributed by atoms with van der Waals surface area (Å²) >= 11 is 11.3. The fourth-order valence-corrected chi connectivity index (χ4v) is 3.66. The second-order valence-corrected chi connectivity index (χ2v) is 6.98. The van der Waals surface area contributed by atoms with Crippen molar-refractivity contribution >= 4 is 45.0 Å². The van der Waals surface area contributed by atoms with Gasteiger partial charge in [0.15, 0.2) is 5.25 Å². The molecule has 1 atom stereocenters. The van der Waals surface area contributed by atoms with Crippen LogP contribution in [0.4, 0.5) is 0 Å². The number of nitrogens with zero attached hydrogens (tertiary/aromatic N) is 1. The first-order valence-corrected chi connectivity index (χ1v) is 8.27. The number of hydrogen-bond donors (Lipinski definition) is 2. The van der Waals surface area contributed by atoms with Crippen molar-refractivity contribution in [3.8, 4) is 0 Å². The van der Waals surface area contributed by atoms with E-state index in [0.717, 1.165) is 0 Å². The van der Waals surface area contributed by atoms with Crippen LogP contribution in [-0.2, 0) is 14.8 Å². The molecule has 0 saturated carbocycles. The highest BCUT2D eigenvalue weighted by atomic mass is 35.5. The van der Waals surface area contributed by atoms with E-state index in [9.17, 15) is 18.0 Å². The van der Waals surface area contributed by atoms with Gasteiger partial charge < -0.3 is 5.32 Å². The number of halogens is 2. The quantitative estimate of drug-likeness (QED) is 0.780. The van der Waals surface area contributed by atoms with Crippen LogP contribution < -0.4 is 10.0 Å². The molecular weight excluding hydrogens is 341 g/mol. The minimum Gasteiger partial charge on any atom is -0.355 e. The number of pyridine rings is 1. The summed E-state index contributed by atoms with van der Waals surface area (Å²) in [5.41, 5.74) is -0.138. The van der Waals surface area contributed by atoms with Crippen molar-refractivity contribution in [3.05, 3.63) is 28.0 Å². The molecule has 1 aromatic heterocycles. The second kappa shape index (κ2) is 6.17. The minimum atomic E-state index is -4.14. The van der Waals surface area contributed by atoms with E-state index in [1.165, 1.54) is 12.1 Å². The first-order valence-electron chi connectivity index (χ1n) is 5.97. The van der Waals surface area contributed by atoms with E-state index in [0.29, 0.717) is 13.0 Å². The standard InChI is InChI=1S/C11H11Cl2N3O4S/c12-8-4-3-6(9(13)15-8)10(17)16-21(19,20)7-2-1-5-14-11(7)18/h3-4,7H,1-2,5H2,(H,14,18)(H,16,17). The predicted molar refractivity (Wildman–Crippen MR) is 76.7 cm³/mol. The molecule has 2 heterocycles. The Hall–Kier alpha value is -1.38. The van der Waals surface area contributed by atoms with E-state index < -0.39 is 27.1 Å². The predicted octanol–water partition coefficient (Wildman–Crippen LogP) is 0.727. The van der Waals surface area contributed by atoms with Crippen molar-refractivity contribution in [3.63, 3.8) is 0 Å². The van der Waals surface area contributed by atoms with Crippen LogP contribution in [0, 0.1) is 0 Å². The third-order valence-electron chi connectivity index (χ3n) is 2.90. The summed E-state index contributed by atoms with van der Waals surface area (Å²) in [7, 11) is -4.14. The molecule has 0 bridgehead atoms. The smallest absolute Gasteiger partial charge is 0.267 e. The Kier molecular flexibility index (Phi) is 4.70. The van der Waals surface area contributed by atoms with Crippen molar-refractivity contribution in [1.29, 1.82) is 0 Å². The van der Waals surface area contributed by atoms with Gasteiger partial charge in [0.25, 0.3) is 5.91 Å². The summed E-state index contributed by atoms with van der Waals surface area (Å²) in [6, 6.07) is 2.56. The Morgan fingerprint density at radius 3 is 2.71 bits per heavy atom. The van der Waals surface area contributed by atoms with Crippen LogP contribution in [-0.4, -0.2) is 37.0 Å². The van der Waals surface area contributed by atoms with Crippen molar-refractivity contribution in [2.45, 2.75) is 18.1 Å². The molecule has 2 N–H and O–H groups in total. The monoisotopic (exact) mass is 351 g/mol. The Bertz CT molecular complexity index is 693. The highest BCUT2D eigenvalue weighted by Gasteiger charge is 2.36.